The Balaban J connectivity index is 4.53. The van der Waals surface area contributed by atoms with Crippen molar-refractivity contribution in [2.45, 2.75) is 27.2 Å². The van der Waals surface area contributed by atoms with Gasteiger partial charge in [-0.15, -0.1) is 0 Å². The van der Waals surface area contributed by atoms with E-state index >= 15 is 0 Å². The van der Waals surface area contributed by atoms with Crippen LogP contribution < -0.4 is 5.48 Å². The van der Waals surface area contributed by atoms with Crippen molar-refractivity contribution in [1.29, 1.82) is 0 Å². The van der Waals surface area contributed by atoms with Crippen molar-refractivity contribution in [2.24, 2.45) is 0 Å². The largest absolute Gasteiger partial charge is 0.302 e. The maximum atomic E-state index is 6.02. The van der Waals surface area contributed by atoms with E-state index in [1.54, 1.807) is 0 Å². The van der Waals surface area contributed by atoms with Crippen molar-refractivity contribution >= 4 is 23.2 Å². The molecule has 0 radical (unpaired) electrons. The van der Waals surface area contributed by atoms with Gasteiger partial charge in [0.25, 0.3) is 0 Å². The normalized spacial score (nSPS) is 14.4. The molecule has 0 saturated heterocycles. The van der Waals surface area contributed by atoms with Gasteiger partial charge in [-0.3, -0.25) is 0 Å². The van der Waals surface area contributed by atoms with E-state index in [9.17, 15) is 0 Å². The first-order valence-corrected chi connectivity index (χ1v) is 6.10. The van der Waals surface area contributed by atoms with Crippen LogP contribution in [0.15, 0.2) is 33.9 Å². The number of hydrogen-bond donors (Lipinski definition) is 1. The first-order chi connectivity index (χ1) is 7.60. The van der Waals surface area contributed by atoms with Crippen molar-refractivity contribution in [2.75, 3.05) is 13.2 Å². The smallest absolute Gasteiger partial charge is 0.0654 e. The minimum absolute atomic E-state index is 0.575. The van der Waals surface area contributed by atoms with Gasteiger partial charge in [-0.25, -0.2) is 0 Å². The molecule has 4 heteroatoms. The third-order valence-electron chi connectivity index (χ3n) is 1.63. The quantitative estimate of drug-likeness (QED) is 0.424. The van der Waals surface area contributed by atoms with Gasteiger partial charge < -0.3 is 4.84 Å². The Labute approximate surface area is 108 Å². The van der Waals surface area contributed by atoms with Crippen LogP contribution in [0.4, 0.5) is 0 Å². The number of hydroxylamine groups is 1. The van der Waals surface area contributed by atoms with E-state index in [0.29, 0.717) is 23.2 Å². The molecule has 0 aromatic carbocycles. The Morgan fingerprint density at radius 3 is 2.44 bits per heavy atom. The lowest BCUT2D eigenvalue weighted by atomic mass is 10.2. The van der Waals surface area contributed by atoms with E-state index < -0.39 is 0 Å². The molecule has 0 rings (SSSR count). The van der Waals surface area contributed by atoms with Gasteiger partial charge in [0.05, 0.1) is 6.61 Å². The maximum absolute atomic E-state index is 6.02. The van der Waals surface area contributed by atoms with Gasteiger partial charge in [0.15, 0.2) is 0 Å². The molecule has 0 fully saturated rings. The molecule has 0 aliphatic carbocycles. The number of nitrogens with one attached hydrogen (secondary N) is 1. The second-order valence-electron chi connectivity index (χ2n) is 3.20. The number of rotatable bonds is 7. The standard InChI is InChI=1S/C12H19Cl2NO/c1-4-6-12(14)8-11(7-10(3)13)9-15-16-5-2/h6-8,15H,4-5,9H2,1-3H3/b10-7+,11-8+,12-6+. The summed E-state index contributed by atoms with van der Waals surface area (Å²) < 4.78 is 0. The van der Waals surface area contributed by atoms with Gasteiger partial charge in [-0.1, -0.05) is 36.2 Å². The van der Waals surface area contributed by atoms with Crippen molar-refractivity contribution in [1.82, 2.24) is 5.48 Å². The summed E-state index contributed by atoms with van der Waals surface area (Å²) in [6.07, 6.45) is 6.59. The minimum atomic E-state index is 0.575. The first kappa shape index (κ1) is 15.7. The van der Waals surface area contributed by atoms with Crippen LogP contribution in [0.3, 0.4) is 0 Å². The molecule has 0 saturated carbocycles. The molecular formula is C12H19Cl2NO. The van der Waals surface area contributed by atoms with Gasteiger partial charge in [0, 0.05) is 16.6 Å². The molecule has 0 amide bonds. The SMILES string of the molecule is CC\C=C(Cl)/C=C(\C=C(/C)Cl)CNOCC. The molecule has 0 aromatic heterocycles. The lowest BCUT2D eigenvalue weighted by Crippen LogP contribution is -2.17. The Morgan fingerprint density at radius 1 is 1.25 bits per heavy atom. The summed E-state index contributed by atoms with van der Waals surface area (Å²) in [7, 11) is 0. The Morgan fingerprint density at radius 2 is 1.94 bits per heavy atom. The second-order valence-corrected chi connectivity index (χ2v) is 4.23. The summed E-state index contributed by atoms with van der Waals surface area (Å²) >= 11 is 11.9. The summed E-state index contributed by atoms with van der Waals surface area (Å²) in [5.74, 6) is 0. The fraction of sp³-hybridized carbons (Fsp3) is 0.500. The highest BCUT2D eigenvalue weighted by molar-refractivity contribution is 6.31. The summed E-state index contributed by atoms with van der Waals surface area (Å²) in [5, 5.41) is 1.43. The van der Waals surface area contributed by atoms with E-state index in [1.807, 2.05) is 39.0 Å². The highest BCUT2D eigenvalue weighted by Crippen LogP contribution is 2.12. The third-order valence-corrected chi connectivity index (χ3v) is 2.00. The molecule has 0 heterocycles. The predicted octanol–water partition coefficient (Wildman–Crippen LogP) is 4.13. The Bertz CT molecular complexity index is 279. The number of halogens is 2. The summed E-state index contributed by atoms with van der Waals surface area (Å²) in [5.41, 5.74) is 3.81. The molecule has 0 unspecified atom stereocenters. The van der Waals surface area contributed by atoms with Crippen molar-refractivity contribution in [3.05, 3.63) is 33.9 Å². The van der Waals surface area contributed by atoms with E-state index in [0.717, 1.165) is 12.0 Å². The predicted molar refractivity (Wildman–Crippen MR) is 71.5 cm³/mol. The Kier molecular flexibility index (Phi) is 9.74. The summed E-state index contributed by atoms with van der Waals surface area (Å²) in [6, 6.07) is 0. The minimum Gasteiger partial charge on any atom is -0.302 e. The van der Waals surface area contributed by atoms with Gasteiger partial charge >= 0.3 is 0 Å². The average Bonchev–Trinajstić information content (AvgIpc) is 2.17. The van der Waals surface area contributed by atoms with Crippen LogP contribution in [0.5, 0.6) is 0 Å². The molecule has 0 aliphatic rings. The third kappa shape index (κ3) is 8.98. The van der Waals surface area contributed by atoms with E-state index in [4.69, 9.17) is 28.0 Å². The van der Waals surface area contributed by atoms with Crippen LogP contribution in [0.2, 0.25) is 0 Å². The topological polar surface area (TPSA) is 21.3 Å². The molecule has 16 heavy (non-hydrogen) atoms. The van der Waals surface area contributed by atoms with Gasteiger partial charge in [0.1, 0.15) is 0 Å². The van der Waals surface area contributed by atoms with Crippen LogP contribution in [0.1, 0.15) is 27.2 Å². The van der Waals surface area contributed by atoms with Crippen LogP contribution in [0.25, 0.3) is 0 Å². The van der Waals surface area contributed by atoms with E-state index in [1.165, 1.54) is 0 Å². The fourth-order valence-electron chi connectivity index (χ4n) is 1.07. The molecule has 0 spiro atoms. The molecule has 1 N–H and O–H groups in total. The van der Waals surface area contributed by atoms with Crippen LogP contribution in [-0.4, -0.2) is 13.2 Å². The maximum Gasteiger partial charge on any atom is 0.0654 e. The van der Waals surface area contributed by atoms with Crippen molar-refractivity contribution in [3.8, 4) is 0 Å². The molecule has 92 valence electrons. The van der Waals surface area contributed by atoms with Gasteiger partial charge in [0.2, 0.25) is 0 Å². The van der Waals surface area contributed by atoms with Crippen LogP contribution in [-0.2, 0) is 4.84 Å². The number of hydrogen-bond acceptors (Lipinski definition) is 2. The number of allylic oxidation sites excluding steroid dienone is 4. The molecule has 0 bridgehead atoms. The van der Waals surface area contributed by atoms with Crippen molar-refractivity contribution < 1.29 is 4.84 Å². The Hall–Kier alpha value is -0.280. The molecule has 0 atom stereocenters. The lowest BCUT2D eigenvalue weighted by Gasteiger charge is -2.05. The monoisotopic (exact) mass is 263 g/mol. The summed E-state index contributed by atoms with van der Waals surface area (Å²) in [4.78, 5) is 5.06. The molecule has 0 aliphatic heterocycles. The zero-order valence-corrected chi connectivity index (χ0v) is 11.5. The molecule has 0 aromatic rings. The van der Waals surface area contributed by atoms with Gasteiger partial charge in [-0.2, -0.15) is 5.48 Å². The fourth-order valence-corrected chi connectivity index (χ4v) is 1.50. The van der Waals surface area contributed by atoms with Crippen LogP contribution >= 0.6 is 23.2 Å². The van der Waals surface area contributed by atoms with Crippen LogP contribution in [0, 0.1) is 0 Å². The zero-order valence-electron chi connectivity index (χ0n) is 10.0. The van der Waals surface area contributed by atoms with Crippen molar-refractivity contribution in [3.63, 3.8) is 0 Å². The highest BCUT2D eigenvalue weighted by atomic mass is 35.5. The zero-order chi connectivity index (χ0) is 12.4. The average molecular weight is 264 g/mol. The first-order valence-electron chi connectivity index (χ1n) is 5.34. The highest BCUT2D eigenvalue weighted by Gasteiger charge is 1.96. The second kappa shape index (κ2) is 9.91. The van der Waals surface area contributed by atoms with Gasteiger partial charge in [-0.05, 0) is 38.0 Å². The lowest BCUT2D eigenvalue weighted by molar-refractivity contribution is 0.0576. The summed E-state index contributed by atoms with van der Waals surface area (Å²) in [6.45, 7) is 6.98. The van der Waals surface area contributed by atoms with E-state index in [2.05, 4.69) is 5.48 Å². The van der Waals surface area contributed by atoms with E-state index in [-0.39, 0.29) is 0 Å². The molecule has 2 nitrogen and oxygen atoms in total. The molecular weight excluding hydrogens is 245 g/mol.